The van der Waals surface area contributed by atoms with Gasteiger partial charge in [0, 0.05) is 0 Å². The predicted molar refractivity (Wildman–Crippen MR) is 90.3 cm³/mol. The normalized spacial score (nSPS) is 37.0. The van der Waals surface area contributed by atoms with Crippen LogP contribution in [-0.4, -0.2) is 113 Å². The van der Waals surface area contributed by atoms with Crippen molar-refractivity contribution in [3.8, 4) is 0 Å². The van der Waals surface area contributed by atoms with Crippen LogP contribution in [0.4, 0.5) is 0 Å². The number of carbonyl (C=O) groups is 1. The summed E-state index contributed by atoms with van der Waals surface area (Å²) in [5.41, 5.74) is 0. The van der Waals surface area contributed by atoms with E-state index >= 15 is 0 Å². The molecule has 31 heavy (non-hydrogen) atoms. The summed E-state index contributed by atoms with van der Waals surface area (Å²) in [4.78, 5) is 11.1. The highest BCUT2D eigenvalue weighted by Crippen LogP contribution is 2.28. The van der Waals surface area contributed by atoms with E-state index in [1.165, 1.54) is 4.72 Å². The fourth-order valence-electron chi connectivity index (χ4n) is 2.72. The molecule has 0 amide bonds. The van der Waals surface area contributed by atoms with Crippen LogP contribution in [0.25, 0.3) is 0 Å². The average molecular weight is 497 g/mol. The zero-order chi connectivity index (χ0) is 23.7. The first-order chi connectivity index (χ1) is 14.1. The molecule has 2 rings (SSSR count). The van der Waals surface area contributed by atoms with Gasteiger partial charge in [0.25, 0.3) is 0 Å². The number of aliphatic hydroxyl groups is 4. The van der Waals surface area contributed by atoms with E-state index in [2.05, 4.69) is 4.18 Å². The maximum atomic E-state index is 11.1. The van der Waals surface area contributed by atoms with E-state index in [9.17, 15) is 42.1 Å². The summed E-state index contributed by atoms with van der Waals surface area (Å²) in [6.07, 6.45) is -13.3. The number of aliphatic hydroxyl groups excluding tert-OH is 4. The lowest BCUT2D eigenvalue weighted by Crippen LogP contribution is -2.66. The van der Waals surface area contributed by atoms with Crippen molar-refractivity contribution in [3.63, 3.8) is 0 Å². The van der Waals surface area contributed by atoms with Crippen LogP contribution in [0.2, 0.25) is 0 Å². The van der Waals surface area contributed by atoms with Crippen molar-refractivity contribution in [2.45, 2.75) is 49.1 Å². The Morgan fingerprint density at radius 1 is 1.10 bits per heavy atom. The van der Waals surface area contributed by atoms with Gasteiger partial charge < -0.3 is 39.7 Å². The average Bonchev–Trinajstić information content (AvgIpc) is 2.61. The monoisotopic (exact) mass is 497 g/mol. The SMILES string of the molecule is O=C(O)C1=C[C@H](O)[C@@H](O)C(O[C@H]2[C@H](O)[C@@H](NS(=O)(=O)O)[C@@H](O)O[C@@H]2COS(=O)(=O)O)O1. The Labute approximate surface area is 174 Å². The van der Waals surface area contributed by atoms with Crippen LogP contribution in [0.3, 0.4) is 0 Å². The van der Waals surface area contributed by atoms with Crippen molar-refractivity contribution in [2.24, 2.45) is 0 Å². The standard InChI is InChI=1S/C12H19NO16S2/c14-3-1-4(10(17)18)28-12(7(3)15)29-9-5(2-26-31(23,24)25)27-11(19)6(8(9)16)13-30(20,21)22/h1,3,5-9,11-16,19H,2H2,(H,17,18)(H,20,21,22)(H,23,24,25)/t3-,5+,6+,7+,8+,9+,11-,12?/m0/s1. The molecule has 0 bridgehead atoms. The molecule has 0 aromatic rings. The molecular formula is C12H19NO16S2. The Morgan fingerprint density at radius 2 is 1.71 bits per heavy atom. The summed E-state index contributed by atoms with van der Waals surface area (Å²) < 4.78 is 81.8. The molecule has 0 aliphatic carbocycles. The van der Waals surface area contributed by atoms with E-state index in [-0.39, 0.29) is 0 Å². The quantitative estimate of drug-likeness (QED) is 0.146. The van der Waals surface area contributed by atoms with Gasteiger partial charge in [0.05, 0.1) is 6.61 Å². The minimum absolute atomic E-state index is 0.631. The zero-order valence-corrected chi connectivity index (χ0v) is 16.7. The Balaban J connectivity index is 2.31. The summed E-state index contributed by atoms with van der Waals surface area (Å²) >= 11 is 0. The van der Waals surface area contributed by atoms with Crippen LogP contribution >= 0.6 is 0 Å². The van der Waals surface area contributed by atoms with E-state index in [1.54, 1.807) is 0 Å². The Morgan fingerprint density at radius 3 is 2.23 bits per heavy atom. The van der Waals surface area contributed by atoms with Crippen LogP contribution < -0.4 is 4.72 Å². The predicted octanol–water partition coefficient (Wildman–Crippen LogP) is -4.92. The van der Waals surface area contributed by atoms with Gasteiger partial charge in [0.1, 0.15) is 36.6 Å². The molecular weight excluding hydrogens is 478 g/mol. The summed E-state index contributed by atoms with van der Waals surface area (Å²) in [5.74, 6) is -2.54. The molecule has 1 fully saturated rings. The third kappa shape index (κ3) is 7.00. The Hall–Kier alpha value is -1.49. The molecule has 0 saturated carbocycles. The summed E-state index contributed by atoms with van der Waals surface area (Å²) in [6, 6.07) is -2.01. The molecule has 8 atom stereocenters. The largest absolute Gasteiger partial charge is 0.475 e. The summed E-state index contributed by atoms with van der Waals surface area (Å²) in [7, 11) is -10.1. The summed E-state index contributed by atoms with van der Waals surface area (Å²) in [5, 5.41) is 49.0. The molecule has 0 spiro atoms. The third-order valence-corrected chi connectivity index (χ3v) is 5.06. The molecule has 0 radical (unpaired) electrons. The van der Waals surface area contributed by atoms with Crippen molar-refractivity contribution in [3.05, 3.63) is 11.8 Å². The summed E-state index contributed by atoms with van der Waals surface area (Å²) in [6.45, 7) is -1.12. The van der Waals surface area contributed by atoms with E-state index < -0.39 is 88.2 Å². The van der Waals surface area contributed by atoms with Crippen molar-refractivity contribution >= 4 is 26.7 Å². The van der Waals surface area contributed by atoms with Gasteiger partial charge in [-0.25, -0.2) is 8.98 Å². The Bertz CT molecular complexity index is 900. The smallest absolute Gasteiger partial charge is 0.397 e. The van der Waals surface area contributed by atoms with Crippen LogP contribution in [0.1, 0.15) is 0 Å². The number of hydrogen-bond donors (Lipinski definition) is 8. The number of ether oxygens (including phenoxy) is 3. The van der Waals surface area contributed by atoms with Gasteiger partial charge in [-0.05, 0) is 6.08 Å². The molecule has 19 heteroatoms. The lowest BCUT2D eigenvalue weighted by molar-refractivity contribution is -0.305. The first-order valence-corrected chi connectivity index (χ1v) is 10.9. The van der Waals surface area contributed by atoms with Gasteiger partial charge in [-0.3, -0.25) is 9.11 Å². The van der Waals surface area contributed by atoms with Crippen molar-refractivity contribution < 1.29 is 74.7 Å². The molecule has 8 N–H and O–H groups in total. The molecule has 180 valence electrons. The second-order valence-electron chi connectivity index (χ2n) is 6.29. The molecule has 1 unspecified atom stereocenters. The molecule has 2 aliphatic heterocycles. The second kappa shape index (κ2) is 9.56. The van der Waals surface area contributed by atoms with Crippen molar-refractivity contribution in [1.82, 2.24) is 4.72 Å². The molecule has 0 aromatic carbocycles. The van der Waals surface area contributed by atoms with Crippen LogP contribution in [0.15, 0.2) is 11.8 Å². The van der Waals surface area contributed by atoms with E-state index in [0.29, 0.717) is 6.08 Å². The van der Waals surface area contributed by atoms with Gasteiger partial charge in [0.15, 0.2) is 6.29 Å². The van der Waals surface area contributed by atoms with Gasteiger partial charge in [0.2, 0.25) is 12.0 Å². The van der Waals surface area contributed by atoms with Crippen LogP contribution in [-0.2, 0) is 43.9 Å². The van der Waals surface area contributed by atoms with Gasteiger partial charge >= 0.3 is 26.7 Å². The number of nitrogens with one attached hydrogen (secondary N) is 1. The van der Waals surface area contributed by atoms with Crippen LogP contribution in [0.5, 0.6) is 0 Å². The fraction of sp³-hybridized carbons (Fsp3) is 0.750. The highest BCUT2D eigenvalue weighted by molar-refractivity contribution is 7.83. The van der Waals surface area contributed by atoms with E-state index in [0.717, 1.165) is 0 Å². The maximum Gasteiger partial charge on any atom is 0.397 e. The second-order valence-corrected chi connectivity index (χ2v) is 8.57. The third-order valence-electron chi connectivity index (χ3n) is 4.05. The van der Waals surface area contributed by atoms with Gasteiger partial charge in [-0.15, -0.1) is 0 Å². The minimum atomic E-state index is -5.05. The molecule has 1 saturated heterocycles. The Kier molecular flexibility index (Phi) is 7.95. The first kappa shape index (κ1) is 25.8. The van der Waals surface area contributed by atoms with E-state index in [4.69, 9.17) is 28.4 Å². The maximum absolute atomic E-state index is 11.1. The van der Waals surface area contributed by atoms with Gasteiger partial charge in [-0.1, -0.05) is 0 Å². The number of carboxylic acids is 1. The lowest BCUT2D eigenvalue weighted by atomic mass is 9.97. The number of aliphatic carboxylic acids is 1. The van der Waals surface area contributed by atoms with Crippen molar-refractivity contribution in [2.75, 3.05) is 6.61 Å². The zero-order valence-electron chi connectivity index (χ0n) is 15.0. The minimum Gasteiger partial charge on any atom is -0.475 e. The highest BCUT2D eigenvalue weighted by Gasteiger charge is 2.50. The molecule has 0 aromatic heterocycles. The number of rotatable bonds is 8. The first-order valence-electron chi connectivity index (χ1n) is 8.10. The fourth-order valence-corrected chi connectivity index (χ4v) is 3.63. The molecule has 17 nitrogen and oxygen atoms in total. The molecule has 2 aliphatic rings. The number of hydrogen-bond acceptors (Lipinski definition) is 13. The van der Waals surface area contributed by atoms with Crippen molar-refractivity contribution in [1.29, 1.82) is 0 Å². The topological polar surface area (TPSA) is 276 Å². The number of carboxylic acid groups (broad SMARTS) is 1. The molecule has 2 heterocycles. The van der Waals surface area contributed by atoms with E-state index in [1.807, 2.05) is 0 Å². The van der Waals surface area contributed by atoms with Crippen LogP contribution in [0, 0.1) is 0 Å². The van der Waals surface area contributed by atoms with Gasteiger partial charge in [-0.2, -0.15) is 21.6 Å². The lowest BCUT2D eigenvalue weighted by Gasteiger charge is -2.44. The highest BCUT2D eigenvalue weighted by atomic mass is 32.3.